The summed E-state index contributed by atoms with van der Waals surface area (Å²) in [6.07, 6.45) is 1.83. The zero-order valence-corrected chi connectivity index (χ0v) is 9.47. The maximum Gasteiger partial charge on any atom is 0.243 e. The van der Waals surface area contributed by atoms with Crippen molar-refractivity contribution in [3.8, 4) is 0 Å². The molecule has 1 unspecified atom stereocenters. The minimum absolute atomic E-state index is 0.489. The molecule has 3 nitrogen and oxygen atoms in total. The molecule has 3 heteroatoms. The van der Waals surface area contributed by atoms with Crippen LogP contribution in [0.2, 0.25) is 0 Å². The van der Waals surface area contributed by atoms with Crippen LogP contribution in [0.1, 0.15) is 25.0 Å². The number of aliphatic hydroxyl groups excluding tert-OH is 1. The molecule has 0 fully saturated rings. The van der Waals surface area contributed by atoms with Crippen LogP contribution in [0.5, 0.6) is 0 Å². The first-order valence-corrected chi connectivity index (χ1v) is 5.43. The van der Waals surface area contributed by atoms with Gasteiger partial charge >= 0.3 is 0 Å². The van der Waals surface area contributed by atoms with E-state index in [-0.39, 0.29) is 0 Å². The Morgan fingerprint density at radius 3 is 2.56 bits per heavy atom. The molecule has 0 saturated carbocycles. The van der Waals surface area contributed by atoms with Crippen LogP contribution in [0.15, 0.2) is 41.0 Å². The summed E-state index contributed by atoms with van der Waals surface area (Å²) in [5, 5.41) is 9.52. The average molecular weight is 217 g/mol. The summed E-state index contributed by atoms with van der Waals surface area (Å²) in [5.41, 5.74) is 2.73. The minimum Gasteiger partial charge on any atom is -0.441 e. The molecule has 1 aromatic carbocycles. The van der Waals surface area contributed by atoms with Gasteiger partial charge in [-0.15, -0.1) is 0 Å². The van der Waals surface area contributed by atoms with Gasteiger partial charge in [0.1, 0.15) is 5.70 Å². The van der Waals surface area contributed by atoms with E-state index in [4.69, 9.17) is 4.74 Å². The van der Waals surface area contributed by atoms with Crippen LogP contribution in [-0.4, -0.2) is 17.3 Å². The largest absolute Gasteiger partial charge is 0.441 e. The van der Waals surface area contributed by atoms with Crippen LogP contribution >= 0.6 is 0 Å². The van der Waals surface area contributed by atoms with Crippen molar-refractivity contribution < 1.29 is 9.84 Å². The molecule has 1 aliphatic heterocycles. The van der Waals surface area contributed by atoms with Gasteiger partial charge in [-0.05, 0) is 31.0 Å². The molecule has 0 bridgehead atoms. The number of aliphatic imine (C=N–C) groups is 1. The number of nitrogens with zero attached hydrogens (tertiary/aromatic N) is 1. The third kappa shape index (κ3) is 1.99. The number of allylic oxidation sites excluding steroid dienone is 1. The summed E-state index contributed by atoms with van der Waals surface area (Å²) >= 11 is 0. The lowest BCUT2D eigenvalue weighted by Crippen LogP contribution is -2.11. The Labute approximate surface area is 95.1 Å². The summed E-state index contributed by atoms with van der Waals surface area (Å²) in [6.45, 7) is 3.94. The third-order valence-electron chi connectivity index (χ3n) is 2.61. The number of hydrogen-bond acceptors (Lipinski definition) is 3. The van der Waals surface area contributed by atoms with Crippen LogP contribution in [0, 0.1) is 0 Å². The fourth-order valence-electron chi connectivity index (χ4n) is 1.59. The lowest BCUT2D eigenvalue weighted by molar-refractivity contribution is 0.0169. The highest BCUT2D eigenvalue weighted by Crippen LogP contribution is 2.19. The van der Waals surface area contributed by atoms with Crippen molar-refractivity contribution in [1.82, 2.24) is 0 Å². The van der Waals surface area contributed by atoms with E-state index in [0.29, 0.717) is 11.6 Å². The summed E-state index contributed by atoms with van der Waals surface area (Å²) in [7, 11) is 0. The molecule has 0 aromatic heterocycles. The first-order chi connectivity index (χ1) is 7.74. The van der Waals surface area contributed by atoms with Crippen LogP contribution < -0.4 is 0 Å². The molecular weight excluding hydrogens is 202 g/mol. The molecule has 1 aliphatic rings. The Bertz CT molecular complexity index is 432. The van der Waals surface area contributed by atoms with Crippen LogP contribution in [-0.2, 0) is 11.2 Å². The molecule has 16 heavy (non-hydrogen) atoms. The molecule has 1 aromatic rings. The van der Waals surface area contributed by atoms with Gasteiger partial charge in [-0.3, -0.25) is 0 Å². The summed E-state index contributed by atoms with van der Waals surface area (Å²) in [6, 6.07) is 8.01. The Morgan fingerprint density at radius 2 is 2.06 bits per heavy atom. The van der Waals surface area contributed by atoms with E-state index in [1.807, 2.05) is 31.2 Å². The fraction of sp³-hybridized carbons (Fsp3) is 0.308. The lowest BCUT2D eigenvalue weighted by atomic mass is 10.1. The van der Waals surface area contributed by atoms with Crippen molar-refractivity contribution >= 4 is 5.90 Å². The zero-order chi connectivity index (χ0) is 11.5. The van der Waals surface area contributed by atoms with Crippen molar-refractivity contribution in [3.63, 3.8) is 0 Å². The average Bonchev–Trinajstić information content (AvgIpc) is 2.71. The van der Waals surface area contributed by atoms with Crippen LogP contribution in [0.3, 0.4) is 0 Å². The van der Waals surface area contributed by atoms with E-state index in [0.717, 1.165) is 12.0 Å². The summed E-state index contributed by atoms with van der Waals surface area (Å²) in [5.74, 6) is 0.489. The number of benzene rings is 1. The minimum atomic E-state index is -0.925. The van der Waals surface area contributed by atoms with Crippen LogP contribution in [0.4, 0.5) is 0 Å². The molecule has 2 rings (SSSR count). The Hall–Kier alpha value is -1.61. The Morgan fingerprint density at radius 1 is 1.38 bits per heavy atom. The van der Waals surface area contributed by atoms with E-state index in [9.17, 15) is 5.11 Å². The van der Waals surface area contributed by atoms with E-state index in [2.05, 4.69) is 11.9 Å². The number of rotatable bonds is 2. The second-order valence-corrected chi connectivity index (χ2v) is 3.65. The molecular formula is C13H15NO2. The van der Waals surface area contributed by atoms with Gasteiger partial charge in [-0.25, -0.2) is 4.99 Å². The highest BCUT2D eigenvalue weighted by atomic mass is 16.6. The quantitative estimate of drug-likeness (QED) is 0.825. The molecule has 0 aliphatic carbocycles. The van der Waals surface area contributed by atoms with Crippen molar-refractivity contribution in [2.45, 2.75) is 26.6 Å². The SMILES string of the molecule is C/C=C1/N=C(c2ccc(CC)cc2)OC1O. The topological polar surface area (TPSA) is 41.8 Å². The van der Waals surface area contributed by atoms with Crippen molar-refractivity contribution in [2.24, 2.45) is 4.99 Å². The van der Waals surface area contributed by atoms with Crippen LogP contribution in [0.25, 0.3) is 0 Å². The van der Waals surface area contributed by atoms with Gasteiger partial charge < -0.3 is 9.84 Å². The first kappa shape index (κ1) is 10.9. The summed E-state index contributed by atoms with van der Waals surface area (Å²) in [4.78, 5) is 4.22. The van der Waals surface area contributed by atoms with Gasteiger partial charge in [0, 0.05) is 5.56 Å². The van der Waals surface area contributed by atoms with Crippen molar-refractivity contribution in [3.05, 3.63) is 47.2 Å². The number of ether oxygens (including phenoxy) is 1. The van der Waals surface area contributed by atoms with Gasteiger partial charge in [0.2, 0.25) is 12.2 Å². The van der Waals surface area contributed by atoms with Gasteiger partial charge in [0.05, 0.1) is 0 Å². The van der Waals surface area contributed by atoms with Crippen molar-refractivity contribution in [1.29, 1.82) is 0 Å². The number of hydrogen-bond donors (Lipinski definition) is 1. The molecule has 1 heterocycles. The molecule has 1 N–H and O–H groups in total. The maximum atomic E-state index is 9.52. The smallest absolute Gasteiger partial charge is 0.243 e. The van der Waals surface area contributed by atoms with E-state index in [1.54, 1.807) is 6.08 Å². The monoisotopic (exact) mass is 217 g/mol. The molecule has 0 radical (unpaired) electrons. The van der Waals surface area contributed by atoms with Gasteiger partial charge in [0.25, 0.3) is 0 Å². The Balaban J connectivity index is 2.26. The zero-order valence-electron chi connectivity index (χ0n) is 9.47. The normalized spacial score (nSPS) is 22.1. The second-order valence-electron chi connectivity index (χ2n) is 3.65. The highest BCUT2D eigenvalue weighted by Gasteiger charge is 2.22. The third-order valence-corrected chi connectivity index (χ3v) is 2.61. The van der Waals surface area contributed by atoms with E-state index in [1.165, 1.54) is 5.56 Å². The second kappa shape index (κ2) is 4.49. The number of aryl methyl sites for hydroxylation is 1. The lowest BCUT2D eigenvalue weighted by Gasteiger charge is -2.05. The molecule has 0 spiro atoms. The van der Waals surface area contributed by atoms with Crippen molar-refractivity contribution in [2.75, 3.05) is 0 Å². The first-order valence-electron chi connectivity index (χ1n) is 5.43. The van der Waals surface area contributed by atoms with E-state index < -0.39 is 6.29 Å². The highest BCUT2D eigenvalue weighted by molar-refractivity contribution is 5.96. The molecule has 0 amide bonds. The van der Waals surface area contributed by atoms with E-state index >= 15 is 0 Å². The number of aliphatic hydroxyl groups is 1. The van der Waals surface area contributed by atoms with Gasteiger partial charge in [-0.1, -0.05) is 25.1 Å². The van der Waals surface area contributed by atoms with Gasteiger partial charge in [-0.2, -0.15) is 0 Å². The standard InChI is InChI=1S/C13H15NO2/c1-3-9-5-7-10(8-6-9)12-14-11(4-2)13(15)16-12/h4-8,13,15H,3H2,1-2H3/b11-4+. The fourth-order valence-corrected chi connectivity index (χ4v) is 1.59. The molecule has 0 saturated heterocycles. The predicted molar refractivity (Wildman–Crippen MR) is 63.2 cm³/mol. The summed E-state index contributed by atoms with van der Waals surface area (Å²) < 4.78 is 5.26. The molecule has 1 atom stereocenters. The predicted octanol–water partition coefficient (Wildman–Crippen LogP) is 2.25. The molecule has 84 valence electrons. The Kier molecular flexibility index (Phi) is 3.06. The van der Waals surface area contributed by atoms with Gasteiger partial charge in [0.15, 0.2) is 0 Å². The maximum absolute atomic E-state index is 9.52.